The molecule has 40 heteroatoms. The van der Waals surface area contributed by atoms with E-state index < -0.39 is 69.4 Å². The highest BCUT2D eigenvalue weighted by Gasteiger charge is 2.32. The number of aromatic nitrogens is 1. The number of hydrogen-bond acceptors (Lipinski definition) is 17. The van der Waals surface area contributed by atoms with Crippen molar-refractivity contribution in [1.82, 2.24) is 4.98 Å². The third-order valence-electron chi connectivity index (χ3n) is 22.5. The Labute approximate surface area is 833 Å². The predicted octanol–water partition coefficient (Wildman–Crippen LogP) is 21.3. The highest BCUT2D eigenvalue weighted by atomic mass is 35.5. The number of nitrogens with one attached hydrogen (secondary N) is 8. The summed E-state index contributed by atoms with van der Waals surface area (Å²) in [5.74, 6) is -5.16. The minimum absolute atomic E-state index is 0.0105. The molecule has 4 aliphatic heterocycles. The highest BCUT2D eigenvalue weighted by Crippen LogP contribution is 2.36. The summed E-state index contributed by atoms with van der Waals surface area (Å²) < 4.78 is 135. The maximum atomic E-state index is 14.9. The first-order valence-electron chi connectivity index (χ1n) is 44.2. The van der Waals surface area contributed by atoms with Crippen LogP contribution in [0, 0.1) is 18.6 Å². The SMILES string of the molecule is Cc1ccc(NC(=O)c2ccc(N3CCCCCS3(=O)=O)cc2F)cc1NC(=O)c1cccc(Cl)c1.O=C(Nc1cc(NC(=O)c2ccc(N3CCCCCS3(=O)=O)cc2Cl)ccc1Cl)c1ccccc1.O=C(Nc1cc(NC(=O)c2ccc(N3CCCCCS3(=O)=O)cc2F)ccc1Cl)c1ccccc1.O=C(Nc1ccc(Cl)c(NC(=O)c2cccnc2)c1)c1ccc(N2CCCCCS2(=O)=O)cc1. The lowest BCUT2D eigenvalue weighted by atomic mass is 10.1. The summed E-state index contributed by atoms with van der Waals surface area (Å²) in [5.41, 5.74) is 6.80. The number of halogens is 7. The van der Waals surface area contributed by atoms with Gasteiger partial charge in [0.25, 0.3) is 47.3 Å². The number of nitrogens with zero attached hydrogens (tertiary/aromatic N) is 5. The van der Waals surface area contributed by atoms with E-state index in [-0.39, 0.29) is 109 Å². The van der Waals surface area contributed by atoms with Gasteiger partial charge in [0.15, 0.2) is 0 Å². The lowest BCUT2D eigenvalue weighted by Gasteiger charge is -2.22. The fraction of sp³-hybridized carbons (Fsp3) is 0.210. The van der Waals surface area contributed by atoms with E-state index in [4.69, 9.17) is 58.0 Å². The molecule has 4 aliphatic rings. The third-order valence-corrected chi connectivity index (χ3v) is 31.5. The summed E-state index contributed by atoms with van der Waals surface area (Å²) in [7, 11) is -13.8. The molecule has 0 radical (unpaired) electrons. The summed E-state index contributed by atoms with van der Waals surface area (Å²) in [6, 6.07) is 64.5. The standard InChI is InChI=1S/C26H25ClFN3O4S.C25H23Cl2N3O4S.C25H23ClFN3O4S.C24H23ClN4O4S/c1-17-8-9-20(15-24(17)30-25(32)18-6-5-7-19(27)14-18)29-26(33)22-11-10-21(16-23(22)28)31-12-3-2-4-13-36(31,34)35;2*26-21-12-9-18(15-23(21)29-24(31)17-7-3-1-4-8-17)28-25(32)20-11-10-19(16-22(20)27)30-13-5-2-6-14-35(30,33)34;25-21-11-8-19(15-22(21)28-24(31)18-5-4-12-26-16-18)27-23(30)17-6-9-20(10-7-17)29-13-2-1-3-14-34(29,32)33/h5-11,14-16H,2-4,12-13H2,1H3,(H,29,33)(H,30,32);2*1,3-4,7-12,15-16H,2,5-6,13-14H2,(H,28,32)(H,29,31);4-12,15-16H,1-3,13-14H2,(H,27,30)(H,28,31). The van der Waals surface area contributed by atoms with Gasteiger partial charge < -0.3 is 42.5 Å². The summed E-state index contributed by atoms with van der Waals surface area (Å²) in [6.45, 7) is 3.17. The molecule has 0 atom stereocenters. The van der Waals surface area contributed by atoms with Gasteiger partial charge in [0.05, 0.1) is 105 Å². The predicted molar refractivity (Wildman–Crippen MR) is 548 cm³/mol. The lowest BCUT2D eigenvalue weighted by molar-refractivity contribution is 0.101. The number of aryl methyl sites for hydroxylation is 1. The number of benzene rings is 11. The number of anilines is 12. The number of carbonyl (C=O) groups excluding carboxylic acids is 8. The van der Waals surface area contributed by atoms with Crippen LogP contribution < -0.4 is 59.8 Å². The van der Waals surface area contributed by atoms with E-state index in [2.05, 4.69) is 47.5 Å². The molecule has 0 unspecified atom stereocenters. The number of pyridine rings is 1. The Bertz CT molecular complexity index is 6930. The van der Waals surface area contributed by atoms with Crippen molar-refractivity contribution in [2.24, 2.45) is 0 Å². The van der Waals surface area contributed by atoms with Crippen molar-refractivity contribution in [2.75, 3.05) is 109 Å². The van der Waals surface area contributed by atoms with Crippen LogP contribution in [0.2, 0.25) is 25.1 Å². The van der Waals surface area contributed by atoms with Gasteiger partial charge in [-0.25, -0.2) is 42.5 Å². The van der Waals surface area contributed by atoms with Crippen molar-refractivity contribution < 1.29 is 80.8 Å². The van der Waals surface area contributed by atoms with E-state index in [9.17, 15) is 80.8 Å². The smallest absolute Gasteiger partial charge is 0.258 e. The third kappa shape index (κ3) is 27.8. The molecule has 16 rings (SSSR count). The van der Waals surface area contributed by atoms with Crippen molar-refractivity contribution in [3.63, 3.8) is 0 Å². The van der Waals surface area contributed by atoms with Gasteiger partial charge in [-0.1, -0.05) is 132 Å². The molecule has 5 heterocycles. The average molecular weight is 2080 g/mol. The minimum atomic E-state index is -3.53. The van der Waals surface area contributed by atoms with Crippen molar-refractivity contribution in [1.29, 1.82) is 0 Å². The fourth-order valence-corrected chi connectivity index (χ4v) is 22.6. The van der Waals surface area contributed by atoms with Crippen LogP contribution in [-0.2, 0) is 40.1 Å². The Balaban J connectivity index is 0.000000157. The Morgan fingerprint density at radius 2 is 0.600 bits per heavy atom. The molecular formula is C100H94Cl5F2N13O16S4. The number of sulfonamides is 4. The number of carbonyl (C=O) groups is 8. The Kier molecular flexibility index (Phi) is 35.3. The molecule has 4 saturated heterocycles. The number of rotatable bonds is 20. The summed E-state index contributed by atoms with van der Waals surface area (Å²) in [6.07, 6.45) is 11.7. The molecular weight excluding hydrogens is 1980 g/mol. The van der Waals surface area contributed by atoms with Gasteiger partial charge in [-0.15, -0.1) is 0 Å². The van der Waals surface area contributed by atoms with Crippen LogP contribution in [0.25, 0.3) is 0 Å². The first kappa shape index (κ1) is 104. The lowest BCUT2D eigenvalue weighted by Crippen LogP contribution is -2.32. The molecule has 29 nitrogen and oxygen atoms in total. The monoisotopic (exact) mass is 2070 g/mol. The molecule has 12 aromatic rings. The van der Waals surface area contributed by atoms with Crippen LogP contribution in [0.1, 0.15) is 165 Å². The summed E-state index contributed by atoms with van der Waals surface area (Å²) in [4.78, 5) is 105. The van der Waals surface area contributed by atoms with Crippen molar-refractivity contribution in [2.45, 2.75) is 84.0 Å². The van der Waals surface area contributed by atoms with Gasteiger partial charge in [-0.3, -0.25) is 60.6 Å². The molecule has 0 aliphatic carbocycles. The van der Waals surface area contributed by atoms with E-state index >= 15 is 0 Å². The minimum Gasteiger partial charge on any atom is -0.322 e. The molecule has 1 aromatic heterocycles. The molecule has 0 spiro atoms. The maximum absolute atomic E-state index is 14.9. The Morgan fingerprint density at radius 3 is 0.993 bits per heavy atom. The second kappa shape index (κ2) is 47.5. The zero-order valence-electron chi connectivity index (χ0n) is 75.0. The molecule has 140 heavy (non-hydrogen) atoms. The topological polar surface area (TPSA) is 395 Å². The number of hydrogen-bond donors (Lipinski definition) is 8. The second-order valence-electron chi connectivity index (χ2n) is 32.6. The van der Waals surface area contributed by atoms with E-state index in [1.807, 2.05) is 6.07 Å². The van der Waals surface area contributed by atoms with Crippen LogP contribution in [0.3, 0.4) is 0 Å². The van der Waals surface area contributed by atoms with Crippen LogP contribution in [0.4, 0.5) is 77.0 Å². The van der Waals surface area contributed by atoms with Crippen LogP contribution in [0.5, 0.6) is 0 Å². The molecule has 11 aromatic carbocycles. The largest absolute Gasteiger partial charge is 0.322 e. The molecule has 8 amide bonds. The van der Waals surface area contributed by atoms with Gasteiger partial charge >= 0.3 is 0 Å². The van der Waals surface area contributed by atoms with E-state index in [0.29, 0.717) is 146 Å². The molecule has 8 N–H and O–H groups in total. The van der Waals surface area contributed by atoms with Crippen LogP contribution in [0.15, 0.2) is 261 Å². The normalized spacial score (nSPS) is 15.2. The van der Waals surface area contributed by atoms with Gasteiger partial charge in [-0.05, 0) is 264 Å². The van der Waals surface area contributed by atoms with Crippen LogP contribution in [-0.4, -0.2) is 135 Å². The summed E-state index contributed by atoms with van der Waals surface area (Å²) in [5, 5.41) is 23.1. The number of amides is 8. The molecule has 0 bridgehead atoms. The van der Waals surface area contributed by atoms with Gasteiger partial charge in [0.1, 0.15) is 11.6 Å². The Morgan fingerprint density at radius 1 is 0.279 bits per heavy atom. The van der Waals surface area contributed by atoms with E-state index in [1.54, 1.807) is 189 Å². The van der Waals surface area contributed by atoms with Gasteiger partial charge in [0.2, 0.25) is 40.1 Å². The molecule has 4 fully saturated rings. The van der Waals surface area contributed by atoms with Gasteiger partial charge in [-0.2, -0.15) is 0 Å². The zero-order valence-corrected chi connectivity index (χ0v) is 82.1. The quantitative estimate of drug-likeness (QED) is 0.0351. The van der Waals surface area contributed by atoms with Crippen molar-refractivity contribution in [3.8, 4) is 0 Å². The van der Waals surface area contributed by atoms with E-state index in [0.717, 1.165) is 56.2 Å². The molecule has 728 valence electrons. The van der Waals surface area contributed by atoms with E-state index in [1.165, 1.54) is 78.0 Å². The highest BCUT2D eigenvalue weighted by molar-refractivity contribution is 7.93. The molecule has 0 saturated carbocycles. The average Bonchev–Trinajstić information content (AvgIpc) is 1.38. The first-order chi connectivity index (χ1) is 67.0. The maximum Gasteiger partial charge on any atom is 0.258 e. The second-order valence-corrected chi connectivity index (χ2v) is 42.7. The van der Waals surface area contributed by atoms with Gasteiger partial charge in [0, 0.05) is 94.3 Å². The van der Waals surface area contributed by atoms with Crippen LogP contribution >= 0.6 is 58.0 Å². The summed E-state index contributed by atoms with van der Waals surface area (Å²) >= 11 is 31.0. The zero-order chi connectivity index (χ0) is 100. The first-order valence-corrected chi connectivity index (χ1v) is 52.6. The Hall–Kier alpha value is -13.4. The van der Waals surface area contributed by atoms with Crippen molar-refractivity contribution in [3.05, 3.63) is 348 Å². The fourth-order valence-electron chi connectivity index (χ4n) is 15.1. The van der Waals surface area contributed by atoms with Crippen molar-refractivity contribution >= 4 is 214 Å².